The van der Waals surface area contributed by atoms with Gasteiger partial charge in [-0.25, -0.2) is 0 Å². The molecule has 0 heterocycles. The molecule has 0 fully saturated rings. The molecule has 0 bridgehead atoms. The second-order valence-electron chi connectivity index (χ2n) is 6.57. The maximum atomic E-state index is 13.8. The fourth-order valence-electron chi connectivity index (χ4n) is 4.07. The largest absolute Gasteiger partial charge is 0.383 e. The van der Waals surface area contributed by atoms with E-state index in [0.717, 1.165) is 33.4 Å². The summed E-state index contributed by atoms with van der Waals surface area (Å²) in [4.78, 5) is 13.8. The summed E-state index contributed by atoms with van der Waals surface area (Å²) in [5.74, 6) is 0.102. The van der Waals surface area contributed by atoms with E-state index in [9.17, 15) is 4.79 Å². The molecule has 0 atom stereocenters. The maximum Gasteiger partial charge on any atom is 0.180 e. The van der Waals surface area contributed by atoms with Crippen molar-refractivity contribution in [3.8, 4) is 11.1 Å². The molecule has 4 rings (SSSR count). The van der Waals surface area contributed by atoms with Gasteiger partial charge in [-0.1, -0.05) is 72.8 Å². The Morgan fingerprint density at radius 1 is 0.840 bits per heavy atom. The van der Waals surface area contributed by atoms with Crippen LogP contribution in [0.25, 0.3) is 11.1 Å². The smallest absolute Gasteiger partial charge is 0.180 e. The highest BCUT2D eigenvalue weighted by molar-refractivity contribution is 6.11. The zero-order valence-corrected chi connectivity index (χ0v) is 14.5. The average molecular weight is 328 g/mol. The van der Waals surface area contributed by atoms with Crippen molar-refractivity contribution in [1.82, 2.24) is 0 Å². The zero-order chi connectivity index (χ0) is 17.4. The number of hydrogen-bond donors (Lipinski definition) is 0. The molecule has 0 spiro atoms. The molecule has 2 nitrogen and oxygen atoms in total. The molecule has 2 heteroatoms. The van der Waals surface area contributed by atoms with Gasteiger partial charge in [-0.2, -0.15) is 0 Å². The first-order chi connectivity index (χ1) is 12.2. The van der Waals surface area contributed by atoms with Crippen molar-refractivity contribution in [2.75, 3.05) is 13.7 Å². The minimum absolute atomic E-state index is 0.102. The number of fused-ring (bicyclic) bond motifs is 3. The van der Waals surface area contributed by atoms with Gasteiger partial charge in [-0.05, 0) is 34.7 Å². The number of ether oxygens (including phenoxy) is 1. The van der Waals surface area contributed by atoms with E-state index in [1.807, 2.05) is 55.5 Å². The molecule has 1 aliphatic rings. The number of rotatable bonds is 4. The van der Waals surface area contributed by atoms with E-state index >= 15 is 0 Å². The molecular weight excluding hydrogens is 308 g/mol. The molecule has 0 aromatic heterocycles. The highest BCUT2D eigenvalue weighted by Crippen LogP contribution is 2.50. The van der Waals surface area contributed by atoms with Crippen LogP contribution in [0.1, 0.15) is 27.0 Å². The number of carbonyl (C=O) groups is 1. The SMILES string of the molecule is COCC1(C(=O)c2ccccc2C)c2ccccc2-c2ccccc21. The van der Waals surface area contributed by atoms with Gasteiger partial charge in [0.1, 0.15) is 5.41 Å². The first-order valence-electron chi connectivity index (χ1n) is 8.49. The van der Waals surface area contributed by atoms with Crippen molar-refractivity contribution in [2.24, 2.45) is 0 Å². The third-order valence-corrected chi connectivity index (χ3v) is 5.20. The van der Waals surface area contributed by atoms with E-state index in [4.69, 9.17) is 4.74 Å². The van der Waals surface area contributed by atoms with Crippen LogP contribution in [0.15, 0.2) is 72.8 Å². The van der Waals surface area contributed by atoms with Crippen molar-refractivity contribution < 1.29 is 9.53 Å². The Morgan fingerprint density at radius 2 is 1.36 bits per heavy atom. The third-order valence-electron chi connectivity index (χ3n) is 5.20. The molecule has 1 aliphatic carbocycles. The van der Waals surface area contributed by atoms with E-state index in [0.29, 0.717) is 6.61 Å². The molecule has 0 saturated heterocycles. The average Bonchev–Trinajstić information content (AvgIpc) is 2.94. The molecule has 124 valence electrons. The summed E-state index contributed by atoms with van der Waals surface area (Å²) < 4.78 is 5.60. The number of methoxy groups -OCH3 is 1. The molecule has 0 N–H and O–H groups in total. The summed E-state index contributed by atoms with van der Waals surface area (Å²) in [6.45, 7) is 2.31. The first kappa shape index (κ1) is 15.8. The lowest BCUT2D eigenvalue weighted by Crippen LogP contribution is -2.40. The van der Waals surface area contributed by atoms with Crippen molar-refractivity contribution in [3.63, 3.8) is 0 Å². The molecule has 0 radical (unpaired) electrons. The second-order valence-corrected chi connectivity index (χ2v) is 6.57. The van der Waals surface area contributed by atoms with E-state index in [2.05, 4.69) is 24.3 Å². The Balaban J connectivity index is 2.04. The van der Waals surface area contributed by atoms with Crippen LogP contribution < -0.4 is 0 Å². The van der Waals surface area contributed by atoms with Crippen LogP contribution in [0, 0.1) is 6.92 Å². The minimum atomic E-state index is -0.798. The molecular formula is C23H20O2. The quantitative estimate of drug-likeness (QED) is 0.644. The minimum Gasteiger partial charge on any atom is -0.383 e. The first-order valence-corrected chi connectivity index (χ1v) is 8.49. The van der Waals surface area contributed by atoms with Crippen molar-refractivity contribution in [2.45, 2.75) is 12.3 Å². The maximum absolute atomic E-state index is 13.8. The summed E-state index contributed by atoms with van der Waals surface area (Å²) in [5, 5.41) is 0. The van der Waals surface area contributed by atoms with Gasteiger partial charge in [0.2, 0.25) is 0 Å². The van der Waals surface area contributed by atoms with Crippen LogP contribution in [0.5, 0.6) is 0 Å². The van der Waals surface area contributed by atoms with Gasteiger partial charge in [0.05, 0.1) is 6.61 Å². The Hall–Kier alpha value is -2.71. The lowest BCUT2D eigenvalue weighted by atomic mass is 9.72. The van der Waals surface area contributed by atoms with Gasteiger partial charge in [0.15, 0.2) is 5.78 Å². The molecule has 25 heavy (non-hydrogen) atoms. The van der Waals surface area contributed by atoms with Crippen LogP contribution in [0.4, 0.5) is 0 Å². The van der Waals surface area contributed by atoms with Crippen LogP contribution in [0.3, 0.4) is 0 Å². The predicted octanol–water partition coefficient (Wildman–Crippen LogP) is 4.79. The Morgan fingerprint density at radius 3 is 1.92 bits per heavy atom. The lowest BCUT2D eigenvalue weighted by Gasteiger charge is -2.30. The summed E-state index contributed by atoms with van der Waals surface area (Å²) >= 11 is 0. The van der Waals surface area contributed by atoms with Crippen LogP contribution in [0.2, 0.25) is 0 Å². The fraction of sp³-hybridized carbons (Fsp3) is 0.174. The normalized spacial score (nSPS) is 14.0. The molecule has 0 aliphatic heterocycles. The number of ketones is 1. The van der Waals surface area contributed by atoms with Crippen molar-refractivity contribution in [1.29, 1.82) is 0 Å². The van der Waals surface area contributed by atoms with Crippen LogP contribution in [-0.4, -0.2) is 19.5 Å². The topological polar surface area (TPSA) is 26.3 Å². The fourth-order valence-corrected chi connectivity index (χ4v) is 4.07. The third kappa shape index (κ3) is 2.18. The van der Waals surface area contributed by atoms with Gasteiger partial charge >= 0.3 is 0 Å². The van der Waals surface area contributed by atoms with Crippen LogP contribution in [-0.2, 0) is 10.2 Å². The van der Waals surface area contributed by atoms with E-state index in [1.165, 1.54) is 0 Å². The number of hydrogen-bond acceptors (Lipinski definition) is 2. The van der Waals surface area contributed by atoms with Crippen molar-refractivity contribution in [3.05, 3.63) is 95.1 Å². The molecule has 0 amide bonds. The number of benzene rings is 3. The van der Waals surface area contributed by atoms with E-state index in [-0.39, 0.29) is 5.78 Å². The molecule has 0 saturated carbocycles. The van der Waals surface area contributed by atoms with Gasteiger partial charge in [0.25, 0.3) is 0 Å². The second kappa shape index (κ2) is 5.98. The summed E-state index contributed by atoms with van der Waals surface area (Å²) in [5.41, 5.74) is 5.26. The summed E-state index contributed by atoms with van der Waals surface area (Å²) in [6, 6.07) is 24.1. The summed E-state index contributed by atoms with van der Waals surface area (Å²) in [7, 11) is 1.66. The predicted molar refractivity (Wildman–Crippen MR) is 100 cm³/mol. The van der Waals surface area contributed by atoms with E-state index in [1.54, 1.807) is 7.11 Å². The van der Waals surface area contributed by atoms with Gasteiger partial charge in [-0.15, -0.1) is 0 Å². The number of aryl methyl sites for hydroxylation is 1. The Kier molecular flexibility index (Phi) is 3.78. The molecule has 3 aromatic rings. The number of carbonyl (C=O) groups excluding carboxylic acids is 1. The molecule has 0 unspecified atom stereocenters. The summed E-state index contributed by atoms with van der Waals surface area (Å²) in [6.07, 6.45) is 0. The van der Waals surface area contributed by atoms with Gasteiger partial charge < -0.3 is 4.74 Å². The molecule has 3 aromatic carbocycles. The lowest BCUT2D eigenvalue weighted by molar-refractivity contribution is 0.0796. The zero-order valence-electron chi connectivity index (χ0n) is 14.5. The Bertz CT molecular complexity index is 910. The van der Waals surface area contributed by atoms with Gasteiger partial charge in [0, 0.05) is 12.7 Å². The monoisotopic (exact) mass is 328 g/mol. The number of Topliss-reactive ketones (excluding diaryl/α,β-unsaturated/α-hetero) is 1. The standard InChI is InChI=1S/C23H20O2/c1-16-9-3-4-10-17(16)22(24)23(15-25-2)20-13-7-5-11-18(20)19-12-6-8-14-21(19)23/h3-14H,15H2,1-2H3. The Labute approximate surface area is 148 Å². The van der Waals surface area contributed by atoms with Crippen molar-refractivity contribution >= 4 is 5.78 Å². The van der Waals surface area contributed by atoms with Crippen LogP contribution >= 0.6 is 0 Å². The highest BCUT2D eigenvalue weighted by Gasteiger charge is 2.49. The van der Waals surface area contributed by atoms with Gasteiger partial charge in [-0.3, -0.25) is 4.79 Å². The van der Waals surface area contributed by atoms with E-state index < -0.39 is 5.41 Å². The highest BCUT2D eigenvalue weighted by atomic mass is 16.5.